The van der Waals surface area contributed by atoms with Crippen LogP contribution in [0.15, 0.2) is 9.31 Å². The third kappa shape index (κ3) is 2.76. The van der Waals surface area contributed by atoms with E-state index in [9.17, 15) is 8.42 Å². The Morgan fingerprint density at radius 3 is 2.38 bits per heavy atom. The van der Waals surface area contributed by atoms with Gasteiger partial charge >= 0.3 is 0 Å². The number of hydrogen-bond acceptors (Lipinski definition) is 4. The number of sulfonamides is 1. The Kier molecular flexibility index (Phi) is 3.88. The van der Waals surface area contributed by atoms with Gasteiger partial charge in [0.1, 0.15) is 16.4 Å². The zero-order valence-corrected chi connectivity index (χ0v) is 13.8. The summed E-state index contributed by atoms with van der Waals surface area (Å²) in [6.45, 7) is 4.16. The van der Waals surface area contributed by atoms with Crippen molar-refractivity contribution >= 4 is 10.0 Å². The van der Waals surface area contributed by atoms with Crippen molar-refractivity contribution < 1.29 is 12.8 Å². The van der Waals surface area contributed by atoms with Gasteiger partial charge in [-0.1, -0.05) is 6.42 Å². The van der Waals surface area contributed by atoms with Crippen LogP contribution in [-0.2, 0) is 16.6 Å². The van der Waals surface area contributed by atoms with E-state index in [-0.39, 0.29) is 6.04 Å². The smallest absolute Gasteiger partial charge is 0.246 e. The average molecular weight is 312 g/mol. The maximum Gasteiger partial charge on any atom is 0.246 e. The number of aryl methyl sites for hydroxylation is 2. The number of furan rings is 1. The van der Waals surface area contributed by atoms with Crippen LogP contribution in [0, 0.1) is 13.8 Å². The molecule has 1 aromatic heterocycles. The van der Waals surface area contributed by atoms with Crippen LogP contribution in [0.2, 0.25) is 0 Å². The summed E-state index contributed by atoms with van der Waals surface area (Å²) in [4.78, 5) is 0.377. The summed E-state index contributed by atoms with van der Waals surface area (Å²) in [6.07, 6.45) is 5.40. The van der Waals surface area contributed by atoms with Crippen LogP contribution in [0.5, 0.6) is 0 Å². The monoisotopic (exact) mass is 312 g/mol. The van der Waals surface area contributed by atoms with E-state index in [0.29, 0.717) is 29.0 Å². The fraction of sp³-hybridized carbons (Fsp3) is 0.733. The first-order valence-corrected chi connectivity index (χ1v) is 9.15. The molecule has 0 spiro atoms. The first-order valence-electron chi connectivity index (χ1n) is 7.71. The lowest BCUT2D eigenvalue weighted by Crippen LogP contribution is -2.41. The number of rotatable bonds is 6. The summed E-state index contributed by atoms with van der Waals surface area (Å²) in [7, 11) is -1.77. The molecule has 5 nitrogen and oxygen atoms in total. The topological polar surface area (TPSA) is 62.6 Å². The Balaban J connectivity index is 1.91. The first-order chi connectivity index (χ1) is 9.91. The second kappa shape index (κ2) is 5.41. The molecule has 2 aliphatic carbocycles. The highest BCUT2D eigenvalue weighted by Crippen LogP contribution is 2.34. The van der Waals surface area contributed by atoms with E-state index in [1.807, 2.05) is 6.92 Å². The van der Waals surface area contributed by atoms with E-state index in [0.717, 1.165) is 24.8 Å². The Bertz CT molecular complexity index is 628. The largest absolute Gasteiger partial charge is 0.465 e. The predicted molar refractivity (Wildman–Crippen MR) is 80.6 cm³/mol. The fourth-order valence-electron chi connectivity index (χ4n) is 2.88. The highest BCUT2D eigenvalue weighted by atomic mass is 32.2. The molecule has 118 valence electrons. The molecule has 0 unspecified atom stereocenters. The van der Waals surface area contributed by atoms with Crippen LogP contribution in [0.25, 0.3) is 0 Å². The van der Waals surface area contributed by atoms with Gasteiger partial charge in [0.2, 0.25) is 10.0 Å². The van der Waals surface area contributed by atoms with E-state index in [2.05, 4.69) is 5.32 Å². The van der Waals surface area contributed by atoms with Crippen molar-refractivity contribution in [3.63, 3.8) is 0 Å². The fourth-order valence-corrected chi connectivity index (χ4v) is 4.70. The van der Waals surface area contributed by atoms with Crippen molar-refractivity contribution in [2.45, 2.75) is 69.5 Å². The normalized spacial score (nSPS) is 20.0. The van der Waals surface area contributed by atoms with Crippen LogP contribution >= 0.6 is 0 Å². The predicted octanol–water partition coefficient (Wildman–Crippen LogP) is 2.32. The second-order valence-corrected chi connectivity index (χ2v) is 8.22. The maximum atomic E-state index is 12.9. The highest BCUT2D eigenvalue weighted by Gasteiger charge is 2.36. The van der Waals surface area contributed by atoms with Crippen molar-refractivity contribution in [2.75, 3.05) is 7.05 Å². The van der Waals surface area contributed by atoms with Crippen molar-refractivity contribution in [2.24, 2.45) is 0 Å². The molecule has 1 N–H and O–H groups in total. The quantitative estimate of drug-likeness (QED) is 0.875. The molecule has 0 amide bonds. The van der Waals surface area contributed by atoms with Gasteiger partial charge in [0.15, 0.2) is 0 Å². The molecular formula is C15H24N2O3S. The summed E-state index contributed by atoms with van der Waals surface area (Å²) in [5, 5.41) is 3.39. The molecule has 1 aromatic rings. The molecular weight excluding hydrogens is 288 g/mol. The molecule has 1 heterocycles. The second-order valence-electron chi connectivity index (χ2n) is 6.28. The van der Waals surface area contributed by atoms with E-state index < -0.39 is 10.0 Å². The molecule has 0 saturated heterocycles. The van der Waals surface area contributed by atoms with Gasteiger partial charge < -0.3 is 9.73 Å². The summed E-state index contributed by atoms with van der Waals surface area (Å²) in [6, 6.07) is 0.688. The molecule has 21 heavy (non-hydrogen) atoms. The minimum atomic E-state index is -3.47. The molecule has 0 radical (unpaired) electrons. The minimum Gasteiger partial charge on any atom is -0.465 e. The lowest BCUT2D eigenvalue weighted by molar-refractivity contribution is 0.249. The van der Waals surface area contributed by atoms with Crippen LogP contribution in [0.3, 0.4) is 0 Å². The van der Waals surface area contributed by atoms with Crippen LogP contribution in [-0.4, -0.2) is 31.9 Å². The van der Waals surface area contributed by atoms with Crippen molar-refractivity contribution in [1.82, 2.24) is 9.62 Å². The summed E-state index contributed by atoms with van der Waals surface area (Å²) in [5.41, 5.74) is 0.797. The first kappa shape index (κ1) is 15.1. The number of hydrogen-bond donors (Lipinski definition) is 1. The van der Waals surface area contributed by atoms with Gasteiger partial charge in [-0.15, -0.1) is 0 Å². The van der Waals surface area contributed by atoms with E-state index in [4.69, 9.17) is 4.42 Å². The van der Waals surface area contributed by atoms with Crippen LogP contribution in [0.4, 0.5) is 0 Å². The van der Waals surface area contributed by atoms with Gasteiger partial charge in [-0.25, -0.2) is 8.42 Å². The van der Waals surface area contributed by atoms with Gasteiger partial charge in [-0.3, -0.25) is 0 Å². The average Bonchev–Trinajstić information content (AvgIpc) is 3.10. The van der Waals surface area contributed by atoms with Gasteiger partial charge in [-0.05, 0) is 39.5 Å². The minimum absolute atomic E-state index is 0.147. The Hall–Kier alpha value is -0.850. The van der Waals surface area contributed by atoms with Crippen molar-refractivity contribution in [3.8, 4) is 0 Å². The molecule has 0 bridgehead atoms. The Labute approximate surface area is 126 Å². The highest BCUT2D eigenvalue weighted by molar-refractivity contribution is 7.89. The van der Waals surface area contributed by atoms with Gasteiger partial charge in [0, 0.05) is 31.2 Å². The lowest BCUT2D eigenvalue weighted by atomic mass is 9.94. The molecule has 2 fully saturated rings. The SMILES string of the molecule is Cc1oc(C)c(S(=O)(=O)N(C)C2CCC2)c1CNC1CC1. The zero-order chi connectivity index (χ0) is 15.2. The molecule has 2 aliphatic rings. The third-order valence-corrected chi connectivity index (χ3v) is 6.80. The molecule has 0 aliphatic heterocycles. The molecule has 0 atom stereocenters. The van der Waals surface area contributed by atoms with Gasteiger partial charge in [0.25, 0.3) is 0 Å². The van der Waals surface area contributed by atoms with Gasteiger partial charge in [-0.2, -0.15) is 4.31 Å². The lowest BCUT2D eigenvalue weighted by Gasteiger charge is -2.33. The van der Waals surface area contributed by atoms with Crippen molar-refractivity contribution in [3.05, 3.63) is 17.1 Å². The van der Waals surface area contributed by atoms with Crippen LogP contribution < -0.4 is 5.32 Å². The summed E-state index contributed by atoms with van der Waals surface area (Å²) in [5.74, 6) is 1.22. The standard InChI is InChI=1S/C15H24N2O3S/c1-10-14(9-16-12-7-8-12)15(11(2)20-10)21(18,19)17(3)13-5-4-6-13/h12-13,16H,4-9H2,1-3H3. The summed E-state index contributed by atoms with van der Waals surface area (Å²) < 4.78 is 33.0. The van der Waals surface area contributed by atoms with E-state index >= 15 is 0 Å². The van der Waals surface area contributed by atoms with Crippen LogP contribution in [0.1, 0.15) is 49.2 Å². The molecule has 3 rings (SSSR count). The Morgan fingerprint density at radius 2 is 1.86 bits per heavy atom. The molecule has 2 saturated carbocycles. The maximum absolute atomic E-state index is 12.9. The van der Waals surface area contributed by atoms with E-state index in [1.165, 1.54) is 17.1 Å². The number of nitrogens with one attached hydrogen (secondary N) is 1. The zero-order valence-electron chi connectivity index (χ0n) is 13.0. The summed E-state index contributed by atoms with van der Waals surface area (Å²) >= 11 is 0. The third-order valence-electron chi connectivity index (χ3n) is 4.70. The van der Waals surface area contributed by atoms with Gasteiger partial charge in [0.05, 0.1) is 0 Å². The van der Waals surface area contributed by atoms with Crippen molar-refractivity contribution in [1.29, 1.82) is 0 Å². The Morgan fingerprint density at radius 1 is 1.19 bits per heavy atom. The molecule has 0 aromatic carbocycles. The van der Waals surface area contributed by atoms with E-state index in [1.54, 1.807) is 14.0 Å². The molecule has 6 heteroatoms. The number of nitrogens with zero attached hydrogens (tertiary/aromatic N) is 1.